The van der Waals surface area contributed by atoms with Gasteiger partial charge in [-0.2, -0.15) is 22.6 Å². The number of nitrogens with one attached hydrogen (secondary N) is 1. The second-order valence-corrected chi connectivity index (χ2v) is 11.1. The Morgan fingerprint density at radius 1 is 1.20 bits per heavy atom. The lowest BCUT2D eigenvalue weighted by Gasteiger charge is -2.45. The van der Waals surface area contributed by atoms with Crippen LogP contribution in [0.3, 0.4) is 0 Å². The molecule has 0 saturated carbocycles. The number of aromatic nitrogens is 4. The average molecular weight is 529 g/mol. The Hall–Kier alpha value is -2.71. The Morgan fingerprint density at radius 3 is 2.71 bits per heavy atom. The molecular formula is C21H23F3N6O3S2. The quantitative estimate of drug-likeness (QED) is 0.536. The predicted molar refractivity (Wildman–Crippen MR) is 121 cm³/mol. The zero-order valence-corrected chi connectivity index (χ0v) is 20.3. The van der Waals surface area contributed by atoms with Gasteiger partial charge in [0.25, 0.3) is 10.0 Å². The summed E-state index contributed by atoms with van der Waals surface area (Å²) < 4.78 is 79.9. The maximum atomic E-state index is 13.6. The van der Waals surface area contributed by atoms with E-state index in [1.165, 1.54) is 18.5 Å². The van der Waals surface area contributed by atoms with Crippen LogP contribution in [0.2, 0.25) is 0 Å². The third-order valence-corrected chi connectivity index (χ3v) is 8.51. The molecule has 3 aromatic rings. The van der Waals surface area contributed by atoms with Crippen molar-refractivity contribution in [2.45, 2.75) is 42.4 Å². The lowest BCUT2D eigenvalue weighted by atomic mass is 9.85. The summed E-state index contributed by atoms with van der Waals surface area (Å²) in [6, 6.07) is 5.61. The minimum Gasteiger partial charge on any atom is -0.493 e. The van der Waals surface area contributed by atoms with Gasteiger partial charge in [0.2, 0.25) is 5.13 Å². The van der Waals surface area contributed by atoms with E-state index in [1.807, 2.05) is 0 Å². The first-order chi connectivity index (χ1) is 16.6. The number of nitrogens with zero attached hydrogens (tertiary/aromatic N) is 5. The number of likely N-dealkylation sites (tertiary alicyclic amines) is 1. The lowest BCUT2D eigenvalue weighted by molar-refractivity contribution is -0.192. The first-order valence-corrected chi connectivity index (χ1v) is 13.3. The zero-order chi connectivity index (χ0) is 24.8. The molecule has 0 bridgehead atoms. The van der Waals surface area contributed by atoms with Crippen molar-refractivity contribution >= 4 is 26.7 Å². The molecule has 1 unspecified atom stereocenters. The van der Waals surface area contributed by atoms with Crippen molar-refractivity contribution in [2.75, 3.05) is 17.9 Å². The van der Waals surface area contributed by atoms with Crippen molar-refractivity contribution in [1.29, 1.82) is 0 Å². The fourth-order valence-corrected chi connectivity index (χ4v) is 6.49. The van der Waals surface area contributed by atoms with Crippen molar-refractivity contribution in [3.05, 3.63) is 48.0 Å². The highest BCUT2D eigenvalue weighted by Crippen LogP contribution is 2.48. The number of ether oxygens (including phenoxy) is 1. The standard InChI is InChI=1S/C21H23F3N6O3S2/c1-29-7-5-16(27-29)18-10-13(21(22,23)24)4-8-30(18)17-6-9-33-19-11-14(2-3-15(17)19)35(31,32)28-20-25-12-26-34-20/h2-3,5,7,11-13,17-18H,4,6,8-10H2,1H3,(H,25,26,28)/t13?,17-,18-/m0/s1. The second-order valence-electron chi connectivity index (χ2n) is 8.64. The Balaban J connectivity index is 1.45. The molecule has 5 rings (SSSR count). The number of fused-ring (bicyclic) bond motifs is 1. The molecule has 2 aliphatic rings. The van der Waals surface area contributed by atoms with Gasteiger partial charge < -0.3 is 4.74 Å². The Bertz CT molecular complexity index is 1300. The molecule has 2 aromatic heterocycles. The molecule has 0 amide bonds. The van der Waals surface area contributed by atoms with E-state index in [9.17, 15) is 21.6 Å². The molecule has 1 N–H and O–H groups in total. The number of rotatable bonds is 5. The number of piperidine rings is 1. The van der Waals surface area contributed by atoms with E-state index in [0.29, 0.717) is 24.5 Å². The summed E-state index contributed by atoms with van der Waals surface area (Å²) in [7, 11) is -2.17. The molecule has 2 aliphatic heterocycles. The van der Waals surface area contributed by atoms with E-state index in [1.54, 1.807) is 30.1 Å². The maximum absolute atomic E-state index is 13.6. The van der Waals surface area contributed by atoms with Gasteiger partial charge in [0.05, 0.1) is 29.2 Å². The van der Waals surface area contributed by atoms with Crippen LogP contribution in [-0.2, 0) is 17.1 Å². The van der Waals surface area contributed by atoms with Crippen LogP contribution in [0.25, 0.3) is 0 Å². The average Bonchev–Trinajstić information content (AvgIpc) is 3.48. The first kappa shape index (κ1) is 24.0. The minimum atomic E-state index is -4.27. The SMILES string of the molecule is Cn1ccc([C@@H]2CC(C(F)(F)F)CCN2[C@H]2CCOc3cc(S(=O)(=O)Nc4ncns4)ccc32)n1. The summed E-state index contributed by atoms with van der Waals surface area (Å²) in [5, 5.41) is 4.56. The van der Waals surface area contributed by atoms with Gasteiger partial charge in [0.1, 0.15) is 12.1 Å². The van der Waals surface area contributed by atoms with Crippen LogP contribution in [0.1, 0.15) is 42.6 Å². The number of hydrogen-bond donors (Lipinski definition) is 1. The highest BCUT2D eigenvalue weighted by molar-refractivity contribution is 7.93. The van der Waals surface area contributed by atoms with Crippen molar-refractivity contribution in [3.63, 3.8) is 0 Å². The Kier molecular flexibility index (Phi) is 6.21. The van der Waals surface area contributed by atoms with Gasteiger partial charge in [0.15, 0.2) is 0 Å². The molecule has 3 atom stereocenters. The molecule has 9 nitrogen and oxygen atoms in total. The van der Waals surface area contributed by atoms with Crippen molar-refractivity contribution in [1.82, 2.24) is 24.0 Å². The van der Waals surface area contributed by atoms with Crippen LogP contribution in [0.5, 0.6) is 5.75 Å². The zero-order valence-electron chi connectivity index (χ0n) is 18.6. The summed E-state index contributed by atoms with van der Waals surface area (Å²) in [5.41, 5.74) is 1.34. The van der Waals surface area contributed by atoms with E-state index in [0.717, 1.165) is 17.1 Å². The van der Waals surface area contributed by atoms with Gasteiger partial charge >= 0.3 is 6.18 Å². The minimum absolute atomic E-state index is 0.00223. The number of benzene rings is 1. The number of sulfonamides is 1. The summed E-state index contributed by atoms with van der Waals surface area (Å²) in [4.78, 5) is 5.90. The number of hydrogen-bond acceptors (Lipinski definition) is 8. The molecule has 1 aromatic carbocycles. The number of aryl methyl sites for hydroxylation is 1. The molecule has 35 heavy (non-hydrogen) atoms. The number of alkyl halides is 3. The topological polar surface area (TPSA) is 102 Å². The Labute approximate surface area is 204 Å². The van der Waals surface area contributed by atoms with Gasteiger partial charge in [-0.25, -0.2) is 13.4 Å². The van der Waals surface area contributed by atoms with Crippen LogP contribution in [-0.4, -0.2) is 51.8 Å². The molecule has 1 fully saturated rings. The molecule has 0 radical (unpaired) electrons. The van der Waals surface area contributed by atoms with Crippen LogP contribution in [0.4, 0.5) is 18.3 Å². The second kappa shape index (κ2) is 9.06. The van der Waals surface area contributed by atoms with Crippen LogP contribution in [0, 0.1) is 5.92 Å². The van der Waals surface area contributed by atoms with E-state index in [2.05, 4.69) is 24.1 Å². The first-order valence-electron chi connectivity index (χ1n) is 11.0. The van der Waals surface area contributed by atoms with Gasteiger partial charge in [-0.15, -0.1) is 0 Å². The predicted octanol–water partition coefficient (Wildman–Crippen LogP) is 3.91. The molecule has 0 aliphatic carbocycles. The highest BCUT2D eigenvalue weighted by atomic mass is 32.2. The summed E-state index contributed by atoms with van der Waals surface area (Å²) in [5.74, 6) is -0.997. The summed E-state index contributed by atoms with van der Waals surface area (Å²) >= 11 is 0.917. The molecule has 4 heterocycles. The van der Waals surface area contributed by atoms with Gasteiger partial charge in [0, 0.05) is 55.4 Å². The third-order valence-electron chi connectivity index (χ3n) is 6.47. The number of halogens is 3. The summed E-state index contributed by atoms with van der Waals surface area (Å²) in [6.07, 6.45) is -0.797. The van der Waals surface area contributed by atoms with E-state index >= 15 is 0 Å². The van der Waals surface area contributed by atoms with E-state index in [-0.39, 0.29) is 35.5 Å². The monoisotopic (exact) mass is 528 g/mol. The Morgan fingerprint density at radius 2 is 2.03 bits per heavy atom. The van der Waals surface area contributed by atoms with Gasteiger partial charge in [-0.05, 0) is 25.0 Å². The number of anilines is 1. The molecule has 14 heteroatoms. The highest BCUT2D eigenvalue weighted by Gasteiger charge is 2.47. The normalized spacial score (nSPS) is 23.5. The smallest absolute Gasteiger partial charge is 0.391 e. The van der Waals surface area contributed by atoms with E-state index in [4.69, 9.17) is 4.74 Å². The van der Waals surface area contributed by atoms with Crippen LogP contribution < -0.4 is 9.46 Å². The van der Waals surface area contributed by atoms with Crippen molar-refractivity contribution in [2.24, 2.45) is 13.0 Å². The van der Waals surface area contributed by atoms with Crippen molar-refractivity contribution in [3.8, 4) is 5.75 Å². The fourth-order valence-electron chi connectivity index (χ4n) is 4.81. The maximum Gasteiger partial charge on any atom is 0.391 e. The lowest BCUT2D eigenvalue weighted by Crippen LogP contribution is -2.44. The molecule has 0 spiro atoms. The summed E-state index contributed by atoms with van der Waals surface area (Å²) in [6.45, 7) is 0.563. The van der Waals surface area contributed by atoms with Gasteiger partial charge in [-0.1, -0.05) is 6.07 Å². The fraction of sp³-hybridized carbons (Fsp3) is 0.476. The molecule has 188 valence electrons. The van der Waals surface area contributed by atoms with Crippen LogP contribution in [0.15, 0.2) is 41.7 Å². The van der Waals surface area contributed by atoms with Crippen molar-refractivity contribution < 1.29 is 26.3 Å². The van der Waals surface area contributed by atoms with Crippen LogP contribution >= 0.6 is 11.5 Å². The largest absolute Gasteiger partial charge is 0.493 e. The molecular weight excluding hydrogens is 505 g/mol. The van der Waals surface area contributed by atoms with Gasteiger partial charge in [-0.3, -0.25) is 14.3 Å². The van der Waals surface area contributed by atoms with E-state index < -0.39 is 28.2 Å². The third kappa shape index (κ3) is 4.86. The molecule has 1 saturated heterocycles.